The summed E-state index contributed by atoms with van der Waals surface area (Å²) in [7, 11) is 0. The van der Waals surface area contributed by atoms with E-state index < -0.39 is 17.6 Å². The molecule has 4 nitrogen and oxygen atoms in total. The summed E-state index contributed by atoms with van der Waals surface area (Å²) < 4.78 is 0. The predicted molar refractivity (Wildman–Crippen MR) is 31.9 cm³/mol. The van der Waals surface area contributed by atoms with Crippen molar-refractivity contribution in [2.45, 2.75) is 25.5 Å². The van der Waals surface area contributed by atoms with Crippen LogP contribution in [-0.2, 0) is 4.79 Å². The molecule has 0 fully saturated rings. The number of aliphatic hydroxyl groups excluding tert-OH is 1. The molecule has 54 valence electrons. The van der Waals surface area contributed by atoms with E-state index >= 15 is 0 Å². The van der Waals surface area contributed by atoms with Crippen LogP contribution in [0.3, 0.4) is 0 Å². The lowest BCUT2D eigenvalue weighted by atomic mass is 9.99. The number of aliphatic hydroxyl groups is 1. The lowest BCUT2D eigenvalue weighted by molar-refractivity contribution is -0.149. The Morgan fingerprint density at radius 2 is 2.00 bits per heavy atom. The van der Waals surface area contributed by atoms with Gasteiger partial charge in [-0.05, 0) is 13.8 Å². The highest BCUT2D eigenvalue weighted by atomic mass is 16.4. The van der Waals surface area contributed by atoms with Gasteiger partial charge in [-0.2, -0.15) is 0 Å². The Hall–Kier alpha value is -0.610. The van der Waals surface area contributed by atoms with Gasteiger partial charge in [0.05, 0.1) is 0 Å². The first-order valence-electron chi connectivity index (χ1n) is 2.55. The molecule has 1 unspecified atom stereocenters. The minimum Gasteiger partial charge on any atom is -0.479 e. The zero-order valence-electron chi connectivity index (χ0n) is 5.46. The van der Waals surface area contributed by atoms with E-state index in [9.17, 15) is 4.79 Å². The molecule has 0 rings (SSSR count). The maximum atomic E-state index is 10.0. The van der Waals surface area contributed by atoms with Crippen molar-refractivity contribution < 1.29 is 15.0 Å². The summed E-state index contributed by atoms with van der Waals surface area (Å²) in [6, 6.07) is 0. The first kappa shape index (κ1) is 8.39. The van der Waals surface area contributed by atoms with Crippen LogP contribution < -0.4 is 5.73 Å². The van der Waals surface area contributed by atoms with Crippen LogP contribution in [0.5, 0.6) is 0 Å². The first-order chi connectivity index (χ1) is 3.85. The molecule has 0 aliphatic rings. The van der Waals surface area contributed by atoms with Gasteiger partial charge >= 0.3 is 5.97 Å². The minimum atomic E-state index is -1.49. The first-order valence-corrected chi connectivity index (χ1v) is 2.55. The predicted octanol–water partition coefficient (Wildman–Crippen LogP) is -0.831. The van der Waals surface area contributed by atoms with Crippen molar-refractivity contribution in [1.82, 2.24) is 0 Å². The van der Waals surface area contributed by atoms with Crippen molar-refractivity contribution in [2.75, 3.05) is 0 Å². The van der Waals surface area contributed by atoms with Gasteiger partial charge in [-0.25, -0.2) is 4.79 Å². The minimum absolute atomic E-state index is 1.06. The Morgan fingerprint density at radius 1 is 1.67 bits per heavy atom. The molecule has 0 amide bonds. The number of carbonyl (C=O) groups is 1. The van der Waals surface area contributed by atoms with E-state index in [0.717, 1.165) is 0 Å². The molecule has 0 spiro atoms. The molecule has 9 heavy (non-hydrogen) atoms. The summed E-state index contributed by atoms with van der Waals surface area (Å²) in [5.74, 6) is -1.29. The van der Waals surface area contributed by atoms with Crippen molar-refractivity contribution >= 4 is 5.97 Å². The fourth-order valence-corrected chi connectivity index (χ4v) is 0.318. The third-order valence-electron chi connectivity index (χ3n) is 0.939. The van der Waals surface area contributed by atoms with Crippen molar-refractivity contribution in [3.63, 3.8) is 0 Å². The van der Waals surface area contributed by atoms with Crippen molar-refractivity contribution in [1.29, 1.82) is 0 Å². The molecular formula is C5H11NO3. The molecular weight excluding hydrogens is 122 g/mol. The van der Waals surface area contributed by atoms with Gasteiger partial charge in [0.1, 0.15) is 0 Å². The van der Waals surface area contributed by atoms with Gasteiger partial charge < -0.3 is 15.9 Å². The Kier molecular flexibility index (Phi) is 2.17. The average Bonchev–Trinajstić information content (AvgIpc) is 1.62. The second kappa shape index (κ2) is 2.33. The van der Waals surface area contributed by atoms with Crippen LogP contribution in [0.25, 0.3) is 0 Å². The number of carboxylic acids is 1. The van der Waals surface area contributed by atoms with E-state index in [1.807, 2.05) is 0 Å². The van der Waals surface area contributed by atoms with Gasteiger partial charge in [-0.15, -0.1) is 0 Å². The van der Waals surface area contributed by atoms with Gasteiger partial charge in [0, 0.05) is 5.54 Å². The Morgan fingerprint density at radius 3 is 2.00 bits per heavy atom. The Bertz CT molecular complexity index is 116. The van der Waals surface area contributed by atoms with E-state index in [2.05, 4.69) is 0 Å². The van der Waals surface area contributed by atoms with Crippen LogP contribution in [0.4, 0.5) is 0 Å². The number of aliphatic carboxylic acids is 1. The van der Waals surface area contributed by atoms with Crippen LogP contribution >= 0.6 is 0 Å². The summed E-state index contributed by atoms with van der Waals surface area (Å²) in [5.41, 5.74) is 4.19. The van der Waals surface area contributed by atoms with Crippen LogP contribution in [-0.4, -0.2) is 27.8 Å². The normalized spacial score (nSPS) is 15.1. The van der Waals surface area contributed by atoms with Crippen molar-refractivity contribution in [3.8, 4) is 0 Å². The monoisotopic (exact) mass is 133 g/mol. The zero-order chi connectivity index (χ0) is 7.65. The number of nitrogens with two attached hydrogens (primary N) is 1. The lowest BCUT2D eigenvalue weighted by Crippen LogP contribution is -2.49. The molecule has 0 aliphatic heterocycles. The fourth-order valence-electron chi connectivity index (χ4n) is 0.318. The molecule has 0 aromatic carbocycles. The third-order valence-corrected chi connectivity index (χ3v) is 0.939. The molecule has 0 heterocycles. The highest BCUT2D eigenvalue weighted by Gasteiger charge is 2.28. The Labute approximate surface area is 53.3 Å². The molecule has 0 aromatic rings. The quantitative estimate of drug-likeness (QED) is 0.459. The number of rotatable bonds is 2. The molecule has 1 atom stereocenters. The average molecular weight is 133 g/mol. The smallest absolute Gasteiger partial charge is 0.334 e. The molecule has 0 saturated carbocycles. The SMILES string of the molecule is CC(C)(N)C(O)C(=O)O. The molecule has 4 N–H and O–H groups in total. The standard InChI is InChI=1S/C5H11NO3/c1-5(2,6)3(7)4(8)9/h3,7H,6H2,1-2H3,(H,8,9). The van der Waals surface area contributed by atoms with E-state index in [4.69, 9.17) is 15.9 Å². The molecule has 0 radical (unpaired) electrons. The lowest BCUT2D eigenvalue weighted by Gasteiger charge is -2.21. The summed E-state index contributed by atoms with van der Waals surface area (Å²) in [6.07, 6.45) is -1.49. The molecule has 0 aromatic heterocycles. The maximum Gasteiger partial charge on any atom is 0.334 e. The molecule has 4 heteroatoms. The van der Waals surface area contributed by atoms with Gasteiger partial charge in [0.2, 0.25) is 0 Å². The summed E-state index contributed by atoms with van der Waals surface area (Å²) in [5, 5.41) is 16.9. The van der Waals surface area contributed by atoms with Gasteiger partial charge in [-0.3, -0.25) is 0 Å². The number of hydrogen-bond donors (Lipinski definition) is 3. The van der Waals surface area contributed by atoms with Crippen molar-refractivity contribution in [2.24, 2.45) is 5.73 Å². The fraction of sp³-hybridized carbons (Fsp3) is 0.800. The van der Waals surface area contributed by atoms with Crippen LogP contribution in [0.15, 0.2) is 0 Å². The largest absolute Gasteiger partial charge is 0.479 e. The summed E-state index contributed by atoms with van der Waals surface area (Å²) >= 11 is 0. The van der Waals surface area contributed by atoms with Crippen molar-refractivity contribution in [3.05, 3.63) is 0 Å². The second-order valence-corrected chi connectivity index (χ2v) is 2.56. The molecule has 0 saturated heterocycles. The molecule has 0 aliphatic carbocycles. The van der Waals surface area contributed by atoms with Crippen LogP contribution in [0.2, 0.25) is 0 Å². The van der Waals surface area contributed by atoms with Crippen LogP contribution in [0, 0.1) is 0 Å². The summed E-state index contributed by atoms with van der Waals surface area (Å²) in [6.45, 7) is 2.90. The van der Waals surface area contributed by atoms with Crippen LogP contribution in [0.1, 0.15) is 13.8 Å². The molecule has 0 bridgehead atoms. The second-order valence-electron chi connectivity index (χ2n) is 2.56. The topological polar surface area (TPSA) is 83.5 Å². The summed E-state index contributed by atoms with van der Waals surface area (Å²) in [4.78, 5) is 10.0. The highest BCUT2D eigenvalue weighted by Crippen LogP contribution is 2.03. The van der Waals surface area contributed by atoms with E-state index in [1.54, 1.807) is 0 Å². The van der Waals surface area contributed by atoms with E-state index in [0.29, 0.717) is 0 Å². The highest BCUT2D eigenvalue weighted by molar-refractivity contribution is 5.73. The maximum absolute atomic E-state index is 10.0. The van der Waals surface area contributed by atoms with Gasteiger partial charge in [0.25, 0.3) is 0 Å². The zero-order valence-corrected chi connectivity index (χ0v) is 5.46. The Balaban J connectivity index is 4.04. The number of hydrogen-bond acceptors (Lipinski definition) is 3. The van der Waals surface area contributed by atoms with E-state index in [-0.39, 0.29) is 0 Å². The van der Waals surface area contributed by atoms with Gasteiger partial charge in [0.15, 0.2) is 6.10 Å². The van der Waals surface area contributed by atoms with E-state index in [1.165, 1.54) is 13.8 Å². The number of carboxylic acid groups (broad SMARTS) is 1. The third kappa shape index (κ3) is 2.43. The van der Waals surface area contributed by atoms with Gasteiger partial charge in [-0.1, -0.05) is 0 Å².